The Morgan fingerprint density at radius 1 is 1.50 bits per heavy atom. The van der Waals surface area contributed by atoms with E-state index in [4.69, 9.17) is 11.6 Å². The van der Waals surface area contributed by atoms with Gasteiger partial charge in [0.15, 0.2) is 0 Å². The van der Waals surface area contributed by atoms with Crippen molar-refractivity contribution >= 4 is 11.6 Å². The van der Waals surface area contributed by atoms with Crippen LogP contribution in [0.4, 0.5) is 4.39 Å². The molecule has 2 rings (SSSR count). The average Bonchev–Trinajstić information content (AvgIpc) is 2.28. The van der Waals surface area contributed by atoms with E-state index in [9.17, 15) is 9.50 Å². The lowest BCUT2D eigenvalue weighted by Gasteiger charge is -2.30. The van der Waals surface area contributed by atoms with E-state index in [2.05, 4.69) is 12.2 Å². The van der Waals surface area contributed by atoms with Gasteiger partial charge in [-0.15, -0.1) is 0 Å². The zero-order valence-corrected chi connectivity index (χ0v) is 11.3. The predicted octanol–water partition coefficient (Wildman–Crippen LogP) is 3.43. The molecular weight excluding hydrogens is 253 g/mol. The minimum Gasteiger partial charge on any atom is -0.388 e. The van der Waals surface area contributed by atoms with Crippen LogP contribution in [0.5, 0.6) is 0 Å². The fraction of sp³-hybridized carbons (Fsp3) is 0.571. The minimum absolute atomic E-state index is 0.298. The quantitative estimate of drug-likeness (QED) is 0.883. The first kappa shape index (κ1) is 13.8. The fourth-order valence-corrected chi connectivity index (χ4v) is 2.89. The molecule has 0 aliphatic carbocycles. The second-order valence-corrected chi connectivity index (χ2v) is 5.52. The molecule has 100 valence electrons. The average molecular weight is 272 g/mol. The van der Waals surface area contributed by atoms with Gasteiger partial charge in [-0.3, -0.25) is 0 Å². The van der Waals surface area contributed by atoms with E-state index in [-0.39, 0.29) is 5.82 Å². The maximum Gasteiger partial charge on any atom is 0.124 e. The van der Waals surface area contributed by atoms with Crippen LogP contribution in [0.25, 0.3) is 0 Å². The van der Waals surface area contributed by atoms with Crippen molar-refractivity contribution in [1.82, 2.24) is 5.32 Å². The summed E-state index contributed by atoms with van der Waals surface area (Å²) in [6.07, 6.45) is 3.42. The summed E-state index contributed by atoms with van der Waals surface area (Å²) in [6.45, 7) is 2.16. The highest BCUT2D eigenvalue weighted by molar-refractivity contribution is 6.31. The first-order chi connectivity index (χ1) is 8.56. The van der Waals surface area contributed by atoms with Crippen LogP contribution >= 0.6 is 11.6 Å². The van der Waals surface area contributed by atoms with E-state index in [1.165, 1.54) is 25.0 Å². The lowest BCUT2D eigenvalue weighted by molar-refractivity contribution is 0.139. The molecule has 0 aromatic heterocycles. The van der Waals surface area contributed by atoms with E-state index in [1.54, 1.807) is 6.07 Å². The second kappa shape index (κ2) is 6.00. The number of benzene rings is 1. The molecular formula is C14H19ClFNO. The number of aliphatic hydroxyl groups is 1. The first-order valence-corrected chi connectivity index (χ1v) is 6.83. The highest BCUT2D eigenvalue weighted by Gasteiger charge is 2.22. The molecule has 1 heterocycles. The molecule has 0 bridgehead atoms. The number of rotatable bonds is 3. The van der Waals surface area contributed by atoms with Crippen LogP contribution in [-0.2, 0) is 0 Å². The largest absolute Gasteiger partial charge is 0.388 e. The first-order valence-electron chi connectivity index (χ1n) is 6.45. The van der Waals surface area contributed by atoms with E-state index in [0.717, 1.165) is 6.42 Å². The summed E-state index contributed by atoms with van der Waals surface area (Å²) < 4.78 is 12.9. The Hall–Kier alpha value is -0.640. The Balaban J connectivity index is 2.00. The third-order valence-corrected chi connectivity index (χ3v) is 3.87. The topological polar surface area (TPSA) is 32.3 Å². The fourth-order valence-electron chi connectivity index (χ4n) is 2.59. The maximum atomic E-state index is 12.9. The monoisotopic (exact) mass is 271 g/mol. The Morgan fingerprint density at radius 3 is 2.94 bits per heavy atom. The highest BCUT2D eigenvalue weighted by Crippen LogP contribution is 2.28. The van der Waals surface area contributed by atoms with Gasteiger partial charge in [-0.05, 0) is 43.9 Å². The van der Waals surface area contributed by atoms with Gasteiger partial charge in [0.05, 0.1) is 6.10 Å². The van der Waals surface area contributed by atoms with Crippen LogP contribution in [0.1, 0.15) is 44.3 Å². The lowest BCUT2D eigenvalue weighted by atomic mass is 9.93. The Morgan fingerprint density at radius 2 is 2.28 bits per heavy atom. The zero-order chi connectivity index (χ0) is 13.1. The normalized spacial score (nSPS) is 26.0. The number of aliphatic hydroxyl groups excluding tert-OH is 1. The molecule has 18 heavy (non-hydrogen) atoms. The smallest absolute Gasteiger partial charge is 0.124 e. The van der Waals surface area contributed by atoms with Gasteiger partial charge in [-0.25, -0.2) is 4.39 Å². The molecule has 2 nitrogen and oxygen atoms in total. The molecule has 2 N–H and O–H groups in total. The molecule has 3 unspecified atom stereocenters. The molecule has 1 aromatic carbocycles. The SMILES string of the molecule is CC1CCCC(CC(O)c2ccc(F)cc2Cl)N1. The van der Waals surface area contributed by atoms with Crippen molar-refractivity contribution in [2.75, 3.05) is 0 Å². The molecule has 1 fully saturated rings. The molecule has 0 amide bonds. The summed E-state index contributed by atoms with van der Waals surface area (Å²) in [5.41, 5.74) is 0.609. The van der Waals surface area contributed by atoms with E-state index >= 15 is 0 Å². The molecule has 0 radical (unpaired) electrons. The van der Waals surface area contributed by atoms with Gasteiger partial charge in [0.25, 0.3) is 0 Å². The Kier molecular flexibility index (Phi) is 4.60. The van der Waals surface area contributed by atoms with Gasteiger partial charge in [0.2, 0.25) is 0 Å². The van der Waals surface area contributed by atoms with Crippen molar-refractivity contribution in [3.05, 3.63) is 34.6 Å². The van der Waals surface area contributed by atoms with E-state index < -0.39 is 6.10 Å². The standard InChI is InChI=1S/C14H19ClFNO/c1-9-3-2-4-11(17-9)8-14(18)12-6-5-10(16)7-13(12)15/h5-7,9,11,14,17-18H,2-4,8H2,1H3. The lowest BCUT2D eigenvalue weighted by Crippen LogP contribution is -2.41. The van der Waals surface area contributed by atoms with Gasteiger partial charge < -0.3 is 10.4 Å². The van der Waals surface area contributed by atoms with Crippen molar-refractivity contribution in [2.45, 2.75) is 50.8 Å². The molecule has 3 atom stereocenters. The third kappa shape index (κ3) is 3.44. The van der Waals surface area contributed by atoms with Gasteiger partial charge >= 0.3 is 0 Å². The summed E-state index contributed by atoms with van der Waals surface area (Å²) in [5, 5.41) is 14.0. The summed E-state index contributed by atoms with van der Waals surface area (Å²) in [7, 11) is 0. The van der Waals surface area contributed by atoms with Gasteiger partial charge in [0.1, 0.15) is 5.82 Å². The van der Waals surface area contributed by atoms with Crippen molar-refractivity contribution in [2.24, 2.45) is 0 Å². The van der Waals surface area contributed by atoms with Crippen LogP contribution in [0.2, 0.25) is 5.02 Å². The van der Waals surface area contributed by atoms with Crippen molar-refractivity contribution in [3.63, 3.8) is 0 Å². The third-order valence-electron chi connectivity index (χ3n) is 3.54. The molecule has 0 spiro atoms. The van der Waals surface area contributed by atoms with Gasteiger partial charge in [0, 0.05) is 17.1 Å². The number of piperidine rings is 1. The van der Waals surface area contributed by atoms with Crippen molar-refractivity contribution in [3.8, 4) is 0 Å². The Bertz CT molecular complexity index is 413. The minimum atomic E-state index is -0.638. The molecule has 1 aliphatic rings. The number of hydrogen-bond donors (Lipinski definition) is 2. The summed E-state index contributed by atoms with van der Waals surface area (Å²) in [4.78, 5) is 0. The van der Waals surface area contributed by atoms with Gasteiger partial charge in [-0.2, -0.15) is 0 Å². The van der Waals surface area contributed by atoms with E-state index in [1.807, 2.05) is 0 Å². The van der Waals surface area contributed by atoms with E-state index in [0.29, 0.717) is 29.1 Å². The zero-order valence-electron chi connectivity index (χ0n) is 10.5. The number of halogens is 2. The second-order valence-electron chi connectivity index (χ2n) is 5.11. The Labute approximate surface area is 112 Å². The van der Waals surface area contributed by atoms with Crippen LogP contribution < -0.4 is 5.32 Å². The molecule has 0 saturated carbocycles. The summed E-state index contributed by atoms with van der Waals surface area (Å²) in [6, 6.07) is 4.96. The maximum absolute atomic E-state index is 12.9. The number of nitrogens with one attached hydrogen (secondary N) is 1. The summed E-state index contributed by atoms with van der Waals surface area (Å²) >= 11 is 5.95. The molecule has 1 aromatic rings. The van der Waals surface area contributed by atoms with Gasteiger partial charge in [-0.1, -0.05) is 24.1 Å². The highest BCUT2D eigenvalue weighted by atomic mass is 35.5. The molecule has 4 heteroatoms. The van der Waals surface area contributed by atoms with Crippen LogP contribution in [0.3, 0.4) is 0 Å². The predicted molar refractivity (Wildman–Crippen MR) is 71.2 cm³/mol. The van der Waals surface area contributed by atoms with Crippen LogP contribution in [0, 0.1) is 5.82 Å². The molecule has 1 saturated heterocycles. The summed E-state index contributed by atoms with van der Waals surface area (Å²) in [5.74, 6) is -0.375. The molecule has 1 aliphatic heterocycles. The number of hydrogen-bond acceptors (Lipinski definition) is 2. The van der Waals surface area contributed by atoms with Crippen molar-refractivity contribution < 1.29 is 9.50 Å². The van der Waals surface area contributed by atoms with Crippen LogP contribution in [-0.4, -0.2) is 17.2 Å². The van der Waals surface area contributed by atoms with Crippen LogP contribution in [0.15, 0.2) is 18.2 Å². The van der Waals surface area contributed by atoms with Crippen molar-refractivity contribution in [1.29, 1.82) is 0 Å².